The van der Waals surface area contributed by atoms with Gasteiger partial charge in [-0.3, -0.25) is 0 Å². The molecule has 0 rings (SSSR count). The van der Waals surface area contributed by atoms with Crippen molar-refractivity contribution in [2.24, 2.45) is 5.73 Å². The molecule has 0 fully saturated rings. The Kier molecular flexibility index (Phi) is 0.609. The molecule has 2 heteroatoms. The highest BCUT2D eigenvalue weighted by Crippen LogP contribution is 1.99. The van der Waals surface area contributed by atoms with Crippen LogP contribution in [0.15, 0.2) is 11.4 Å². The van der Waals surface area contributed by atoms with Crippen LogP contribution in [-0.4, -0.2) is 6.54 Å². The SMILES string of the molecule is [2H]C([2H])([2H])C(=C(F)CN)C([2H])([2H])[2H]. The van der Waals surface area contributed by atoms with Gasteiger partial charge in [-0.05, 0) is 19.3 Å². The van der Waals surface area contributed by atoms with E-state index in [1.807, 2.05) is 0 Å². The maximum atomic E-state index is 12.8. The van der Waals surface area contributed by atoms with Crippen LogP contribution in [0.3, 0.4) is 0 Å². The lowest BCUT2D eigenvalue weighted by Crippen LogP contribution is -1.99. The van der Waals surface area contributed by atoms with Crippen molar-refractivity contribution in [3.63, 3.8) is 0 Å². The van der Waals surface area contributed by atoms with E-state index in [0.717, 1.165) is 0 Å². The molecule has 0 spiro atoms. The molecule has 0 aromatic heterocycles. The zero-order chi connectivity index (χ0) is 10.9. The molecule has 0 atom stereocenters. The van der Waals surface area contributed by atoms with Gasteiger partial charge in [0.05, 0.1) is 0 Å². The van der Waals surface area contributed by atoms with Crippen LogP contribution in [0.2, 0.25) is 0 Å². The smallest absolute Gasteiger partial charge is 0.112 e. The Balaban J connectivity index is 5.25. The summed E-state index contributed by atoms with van der Waals surface area (Å²) in [6.45, 7) is -6.64. The Morgan fingerprint density at radius 2 is 2.43 bits per heavy atom. The number of rotatable bonds is 1. The highest BCUT2D eigenvalue weighted by atomic mass is 19.1. The molecule has 0 saturated carbocycles. The van der Waals surface area contributed by atoms with E-state index in [4.69, 9.17) is 14.0 Å². The van der Waals surface area contributed by atoms with E-state index in [2.05, 4.69) is 0 Å². The van der Waals surface area contributed by atoms with E-state index in [-0.39, 0.29) is 0 Å². The van der Waals surface area contributed by atoms with Gasteiger partial charge in [-0.15, -0.1) is 0 Å². The molecule has 0 aliphatic heterocycles. The number of hydrogen-bond acceptors (Lipinski definition) is 1. The summed E-state index contributed by atoms with van der Waals surface area (Å²) in [6, 6.07) is 0. The first-order valence-corrected chi connectivity index (χ1v) is 1.70. The van der Waals surface area contributed by atoms with E-state index in [0.29, 0.717) is 0 Å². The van der Waals surface area contributed by atoms with E-state index in [1.165, 1.54) is 0 Å². The van der Waals surface area contributed by atoms with E-state index >= 15 is 0 Å². The van der Waals surface area contributed by atoms with Gasteiger partial charge in [0.25, 0.3) is 0 Å². The van der Waals surface area contributed by atoms with Crippen LogP contribution < -0.4 is 5.73 Å². The summed E-state index contributed by atoms with van der Waals surface area (Å²) in [4.78, 5) is 0. The maximum absolute atomic E-state index is 12.8. The van der Waals surface area contributed by atoms with Crippen LogP contribution in [-0.2, 0) is 0 Å². The molecule has 0 aromatic rings. The summed E-state index contributed by atoms with van der Waals surface area (Å²) in [7, 11) is 0. The minimum Gasteiger partial charge on any atom is -0.325 e. The molecular formula is C5H10FN. The van der Waals surface area contributed by atoms with Crippen molar-refractivity contribution in [2.75, 3.05) is 6.54 Å². The number of hydrogen-bond donors (Lipinski definition) is 1. The second-order valence-corrected chi connectivity index (χ2v) is 0.984. The molecule has 0 unspecified atom stereocenters. The summed E-state index contributed by atoms with van der Waals surface area (Å²) in [5, 5.41) is 0. The van der Waals surface area contributed by atoms with Gasteiger partial charge in [-0.25, -0.2) is 4.39 Å². The van der Waals surface area contributed by atoms with E-state index in [1.54, 1.807) is 0 Å². The predicted octanol–water partition coefficient (Wildman–Crippen LogP) is 1.21. The molecule has 0 aliphatic carbocycles. The molecule has 0 aliphatic rings. The molecule has 0 radical (unpaired) electrons. The normalized spacial score (nSPS) is 24.9. The fourth-order valence-corrected chi connectivity index (χ4v) is 0.102. The Labute approximate surface area is 51.4 Å². The largest absolute Gasteiger partial charge is 0.325 e. The van der Waals surface area contributed by atoms with Gasteiger partial charge in [-0.2, -0.15) is 0 Å². The van der Waals surface area contributed by atoms with Crippen molar-refractivity contribution in [1.29, 1.82) is 0 Å². The fraction of sp³-hybridized carbons (Fsp3) is 0.600. The zero-order valence-corrected chi connectivity index (χ0v) is 3.66. The Bertz CT molecular complexity index is 198. The molecule has 42 valence electrons. The molecule has 0 aromatic carbocycles. The first kappa shape index (κ1) is 1.55. The fourth-order valence-electron chi connectivity index (χ4n) is 0.102. The summed E-state index contributed by atoms with van der Waals surface area (Å²) in [6.07, 6.45) is 0. The molecule has 0 amide bonds. The summed E-state index contributed by atoms with van der Waals surface area (Å²) >= 11 is 0. The van der Waals surface area contributed by atoms with Gasteiger partial charge in [-0.1, -0.05) is 0 Å². The number of nitrogens with two attached hydrogens (primary N) is 1. The lowest BCUT2D eigenvalue weighted by atomic mass is 10.3. The molecular weight excluding hydrogens is 93.1 g/mol. The quantitative estimate of drug-likeness (QED) is 0.538. The molecule has 0 heterocycles. The predicted molar refractivity (Wildman–Crippen MR) is 28.5 cm³/mol. The lowest BCUT2D eigenvalue weighted by molar-refractivity contribution is 0.606. The molecule has 0 saturated heterocycles. The van der Waals surface area contributed by atoms with Crippen molar-refractivity contribution in [1.82, 2.24) is 0 Å². The second-order valence-electron chi connectivity index (χ2n) is 0.984. The van der Waals surface area contributed by atoms with Crippen molar-refractivity contribution >= 4 is 0 Å². The third-order valence-corrected chi connectivity index (χ3v) is 0.450. The van der Waals surface area contributed by atoms with Crippen molar-refractivity contribution in [3.8, 4) is 0 Å². The average Bonchev–Trinajstić information content (AvgIpc) is 1.80. The molecule has 1 nitrogen and oxygen atoms in total. The summed E-state index contributed by atoms with van der Waals surface area (Å²) < 4.78 is 53.6. The summed E-state index contributed by atoms with van der Waals surface area (Å²) in [5.41, 5.74) is 3.66. The standard InChI is InChI=1S/C5H10FN/c1-4(2)5(6)3-7/h3,7H2,1-2H3/i1D3,2D3. The average molecular weight is 109 g/mol. The third-order valence-electron chi connectivity index (χ3n) is 0.450. The van der Waals surface area contributed by atoms with Crippen LogP contribution in [0.1, 0.15) is 21.9 Å². The summed E-state index contributed by atoms with van der Waals surface area (Å²) in [5.74, 6) is -1.29. The van der Waals surface area contributed by atoms with Crippen LogP contribution in [0.25, 0.3) is 0 Å². The van der Waals surface area contributed by atoms with Gasteiger partial charge >= 0.3 is 0 Å². The molecule has 7 heavy (non-hydrogen) atoms. The number of halogens is 1. The van der Waals surface area contributed by atoms with Crippen molar-refractivity contribution in [2.45, 2.75) is 13.7 Å². The van der Waals surface area contributed by atoms with Crippen LogP contribution >= 0.6 is 0 Å². The Morgan fingerprint density at radius 1 is 1.86 bits per heavy atom. The highest BCUT2D eigenvalue weighted by Gasteiger charge is 1.88. The third kappa shape index (κ3) is 2.34. The first-order chi connectivity index (χ1) is 5.60. The minimum absolute atomic E-state index is 0.716. The van der Waals surface area contributed by atoms with Crippen molar-refractivity contribution < 1.29 is 12.6 Å². The van der Waals surface area contributed by atoms with Gasteiger partial charge in [0.2, 0.25) is 0 Å². The molecule has 0 bridgehead atoms. The first-order valence-electron chi connectivity index (χ1n) is 4.70. The van der Waals surface area contributed by atoms with Crippen molar-refractivity contribution in [3.05, 3.63) is 11.4 Å². The highest BCUT2D eigenvalue weighted by molar-refractivity contribution is 5.01. The van der Waals surface area contributed by atoms with Crippen LogP contribution in [0.5, 0.6) is 0 Å². The Morgan fingerprint density at radius 3 is 2.57 bits per heavy atom. The lowest BCUT2D eigenvalue weighted by Gasteiger charge is -1.89. The van der Waals surface area contributed by atoms with E-state index < -0.39 is 31.6 Å². The minimum atomic E-state index is -2.96. The van der Waals surface area contributed by atoms with Crippen LogP contribution in [0, 0.1) is 0 Å². The number of allylic oxidation sites excluding steroid dienone is 1. The second kappa shape index (κ2) is 2.75. The van der Waals surface area contributed by atoms with Gasteiger partial charge in [0.1, 0.15) is 5.83 Å². The maximum Gasteiger partial charge on any atom is 0.112 e. The van der Waals surface area contributed by atoms with Crippen LogP contribution in [0.4, 0.5) is 4.39 Å². The van der Waals surface area contributed by atoms with Gasteiger partial charge in [0.15, 0.2) is 0 Å². The van der Waals surface area contributed by atoms with Gasteiger partial charge in [0, 0.05) is 14.8 Å². The molecule has 2 N–H and O–H groups in total. The van der Waals surface area contributed by atoms with Gasteiger partial charge < -0.3 is 5.73 Å². The monoisotopic (exact) mass is 109 g/mol. The topological polar surface area (TPSA) is 26.0 Å². The van der Waals surface area contributed by atoms with E-state index in [9.17, 15) is 4.39 Å². The Hall–Kier alpha value is -0.370. The zero-order valence-electron chi connectivity index (χ0n) is 9.66.